The Balaban J connectivity index is 0.000000428. The molecule has 0 aliphatic rings. The van der Waals surface area contributed by atoms with Crippen LogP contribution >= 0.6 is 39.2 Å². The average molecular weight is 884 g/mol. The summed E-state index contributed by atoms with van der Waals surface area (Å²) in [6, 6.07) is 41.4. The Hall–Kier alpha value is -0.783. The van der Waals surface area contributed by atoms with Crippen LogP contribution in [0.15, 0.2) is 127 Å². The topological polar surface area (TPSA) is 0 Å². The molecule has 0 spiro atoms. The Morgan fingerprint density at radius 2 is 0.667 bits per heavy atom. The Bertz CT molecular complexity index is 1100. The number of hydrogen-bond donors (Lipinski definition) is 0. The summed E-state index contributed by atoms with van der Waals surface area (Å²) in [7, 11) is 15.8. The summed E-state index contributed by atoms with van der Waals surface area (Å²) >= 11 is -7.46. The molecule has 0 N–H and O–H groups in total. The quantitative estimate of drug-likeness (QED) is 0.128. The summed E-state index contributed by atoms with van der Waals surface area (Å²) in [5.41, 5.74) is 0. The van der Waals surface area contributed by atoms with Crippen molar-refractivity contribution in [3.8, 4) is 0 Å². The van der Waals surface area contributed by atoms with Gasteiger partial charge >= 0.3 is 222 Å². The molecule has 0 amide bonds. The zero-order valence-corrected chi connectivity index (χ0v) is 31.1. The van der Waals surface area contributed by atoms with Crippen LogP contribution in [0.3, 0.4) is 0 Å². The van der Waals surface area contributed by atoms with Crippen LogP contribution in [0.25, 0.3) is 0 Å². The van der Waals surface area contributed by atoms with Crippen molar-refractivity contribution in [2.45, 2.75) is 34.1 Å². The monoisotopic (exact) mass is 884 g/mol. The summed E-state index contributed by atoms with van der Waals surface area (Å²) < 4.78 is 77.0. The summed E-state index contributed by atoms with van der Waals surface area (Å²) in [5.74, 6) is 0. The minimum Gasteiger partial charge on any atom is -0.0623 e. The van der Waals surface area contributed by atoms with Crippen molar-refractivity contribution in [3.05, 3.63) is 127 Å². The third-order valence-corrected chi connectivity index (χ3v) is 26.2. The maximum absolute atomic E-state index is 13.2. The maximum atomic E-state index is 13.2. The second-order valence-electron chi connectivity index (χ2n) is 9.00. The molecule has 0 heterocycles. The van der Waals surface area contributed by atoms with Crippen LogP contribution in [0, 0.1) is 0 Å². The van der Waals surface area contributed by atoms with E-state index in [0.29, 0.717) is 0 Å². The molecule has 4 rings (SSSR count). The van der Waals surface area contributed by atoms with Gasteiger partial charge < -0.3 is 0 Å². The van der Waals surface area contributed by atoms with E-state index < -0.39 is 58.6 Å². The Kier molecular flexibility index (Phi) is 17.7. The Morgan fingerprint density at radius 1 is 0.429 bits per heavy atom. The van der Waals surface area contributed by atoms with E-state index in [1.807, 2.05) is 127 Å². The number of benzene rings is 4. The predicted octanol–water partition coefficient (Wildman–Crippen LogP) is 9.81. The molecule has 228 valence electrons. The predicted molar refractivity (Wildman–Crippen MR) is 172 cm³/mol. The minimum atomic E-state index is -4.19. The van der Waals surface area contributed by atoms with Crippen molar-refractivity contribution in [1.29, 1.82) is 0 Å². The van der Waals surface area contributed by atoms with Gasteiger partial charge in [0.1, 0.15) is 0 Å². The summed E-state index contributed by atoms with van der Waals surface area (Å²) in [6.07, 6.45) is -10.1. The van der Waals surface area contributed by atoms with Crippen LogP contribution in [0.5, 0.6) is 0 Å². The van der Waals surface area contributed by atoms with Gasteiger partial charge in [-0.05, 0) is 0 Å². The molecule has 42 heavy (non-hydrogen) atoms. The summed E-state index contributed by atoms with van der Waals surface area (Å²) in [5, 5.41) is 0. The van der Waals surface area contributed by atoms with E-state index in [0.717, 1.165) is 10.7 Å². The molecular formula is C30H30Cl4F6Sn2. The Morgan fingerprint density at radius 3 is 0.881 bits per heavy atom. The fourth-order valence-electron chi connectivity index (χ4n) is 4.10. The van der Waals surface area contributed by atoms with E-state index >= 15 is 0 Å². The minimum absolute atomic E-state index is 0. The van der Waals surface area contributed by atoms with Gasteiger partial charge in [-0.3, -0.25) is 0 Å². The normalized spacial score (nSPS) is 11.6. The summed E-state index contributed by atoms with van der Waals surface area (Å²) in [6.45, 7) is 0. The van der Waals surface area contributed by atoms with E-state index in [2.05, 4.69) is 0 Å². The smallest absolute Gasteiger partial charge is 0.0623 e. The van der Waals surface area contributed by atoms with Gasteiger partial charge in [0.15, 0.2) is 0 Å². The van der Waals surface area contributed by atoms with E-state index in [1.54, 1.807) is 0 Å². The molecule has 4 aromatic rings. The second kappa shape index (κ2) is 18.9. The standard InChI is InChI=1S/C6H6.3C6H5.2C3H4F3.4ClH.2Sn/c4*1-2-4-6-5-3-1;2*1-2-3(4,5)6;;;;;;/h1-6H;3*1-5H;2*1-2H2;4*1H;;/q;;;;;;;;;;;+3/p-3. The Labute approximate surface area is 268 Å². The second-order valence-corrected chi connectivity index (χ2v) is 42.4. The fraction of sp³-hybridized carbons (Fsp3) is 0.200. The zero-order valence-electron chi connectivity index (χ0n) is 22.3. The molecule has 0 aromatic heterocycles. The molecule has 0 nitrogen and oxygen atoms in total. The molecule has 0 unspecified atom stereocenters. The molecule has 4 aromatic carbocycles. The SMILES string of the molecule is Cl.FC(F)(F)C[CH2][Sn]([Cl])([Cl])[Cl].FC(F)(F)C[CH2][Sn]([c]1ccccc1)([c]1ccccc1)[c]1ccccc1.c1ccccc1. The van der Waals surface area contributed by atoms with Crippen LogP contribution in [-0.4, -0.2) is 45.7 Å². The van der Waals surface area contributed by atoms with E-state index in [-0.39, 0.29) is 21.3 Å². The van der Waals surface area contributed by atoms with Crippen LogP contribution in [0.2, 0.25) is 8.87 Å². The molecule has 0 radical (unpaired) electrons. The molecule has 0 atom stereocenters. The van der Waals surface area contributed by atoms with Gasteiger partial charge in [0, 0.05) is 0 Å². The fourth-order valence-corrected chi connectivity index (χ4v) is 21.3. The first-order valence-corrected chi connectivity index (χ1v) is 31.8. The van der Waals surface area contributed by atoms with Crippen molar-refractivity contribution in [2.24, 2.45) is 0 Å². The van der Waals surface area contributed by atoms with Crippen molar-refractivity contribution >= 4 is 83.3 Å². The van der Waals surface area contributed by atoms with Gasteiger partial charge in [0.2, 0.25) is 0 Å². The van der Waals surface area contributed by atoms with Crippen molar-refractivity contribution < 1.29 is 26.3 Å². The first kappa shape index (κ1) is 39.2. The van der Waals surface area contributed by atoms with Gasteiger partial charge in [0.25, 0.3) is 0 Å². The molecule has 0 saturated heterocycles. The van der Waals surface area contributed by atoms with E-state index in [9.17, 15) is 26.3 Å². The third-order valence-electron chi connectivity index (χ3n) is 5.94. The van der Waals surface area contributed by atoms with Gasteiger partial charge in [-0.15, -0.1) is 12.4 Å². The average Bonchev–Trinajstić information content (AvgIpc) is 2.95. The molecule has 0 aliphatic heterocycles. The van der Waals surface area contributed by atoms with Crippen molar-refractivity contribution in [3.63, 3.8) is 0 Å². The maximum Gasteiger partial charge on any atom is -0.0623 e. The molecule has 0 fully saturated rings. The number of rotatable bonds is 7. The van der Waals surface area contributed by atoms with E-state index in [1.165, 1.54) is 0 Å². The van der Waals surface area contributed by atoms with Gasteiger partial charge in [-0.2, -0.15) is 0 Å². The van der Waals surface area contributed by atoms with Gasteiger partial charge in [-0.25, -0.2) is 0 Å². The van der Waals surface area contributed by atoms with Crippen molar-refractivity contribution in [1.82, 2.24) is 0 Å². The largest absolute Gasteiger partial charge is 0.0623 e. The van der Waals surface area contributed by atoms with Crippen LogP contribution in [0.1, 0.15) is 12.8 Å². The number of hydrogen-bond acceptors (Lipinski definition) is 0. The van der Waals surface area contributed by atoms with Gasteiger partial charge in [0.05, 0.1) is 0 Å². The van der Waals surface area contributed by atoms with Crippen LogP contribution in [0.4, 0.5) is 26.3 Å². The number of halogens is 10. The first-order chi connectivity index (χ1) is 19.2. The first-order valence-electron chi connectivity index (χ1n) is 12.6. The molecule has 12 heteroatoms. The molecule has 0 saturated carbocycles. The molecular weight excluding hydrogens is 854 g/mol. The van der Waals surface area contributed by atoms with E-state index in [4.69, 9.17) is 26.8 Å². The van der Waals surface area contributed by atoms with Gasteiger partial charge in [-0.1, -0.05) is 36.4 Å². The molecule has 0 bridgehead atoms. The van der Waals surface area contributed by atoms with Crippen LogP contribution in [-0.2, 0) is 0 Å². The number of alkyl halides is 6. The van der Waals surface area contributed by atoms with Crippen molar-refractivity contribution in [2.75, 3.05) is 0 Å². The van der Waals surface area contributed by atoms with Crippen LogP contribution < -0.4 is 10.7 Å². The summed E-state index contributed by atoms with van der Waals surface area (Å²) in [4.78, 5) is 0. The third kappa shape index (κ3) is 15.3. The molecule has 0 aliphatic carbocycles. The zero-order chi connectivity index (χ0) is 30.4.